The predicted octanol–water partition coefficient (Wildman–Crippen LogP) is 1.22. The standard InChI is InChI=1S/C15H23N3O/c1-2-5-12(6-3-1)15-13(10-17-18-15)9-16-11-14-7-4-8-19-14/h1-3,5-6,13-18H,4,7-11H2. The summed E-state index contributed by atoms with van der Waals surface area (Å²) in [6.07, 6.45) is 2.85. The summed E-state index contributed by atoms with van der Waals surface area (Å²) in [4.78, 5) is 0. The number of hydrazine groups is 1. The Balaban J connectivity index is 1.49. The van der Waals surface area contributed by atoms with Crippen LogP contribution in [0.1, 0.15) is 24.4 Å². The van der Waals surface area contributed by atoms with E-state index < -0.39 is 0 Å². The second-order valence-electron chi connectivity index (χ2n) is 5.47. The maximum atomic E-state index is 5.64. The molecule has 4 heteroatoms. The second-order valence-corrected chi connectivity index (χ2v) is 5.47. The fourth-order valence-corrected chi connectivity index (χ4v) is 2.98. The SMILES string of the molecule is c1ccc(C2NNCC2CNCC2CCCO2)cc1. The summed E-state index contributed by atoms with van der Waals surface area (Å²) in [5, 5.41) is 3.56. The van der Waals surface area contributed by atoms with Crippen molar-refractivity contribution in [1.82, 2.24) is 16.2 Å². The smallest absolute Gasteiger partial charge is 0.0700 e. The molecule has 19 heavy (non-hydrogen) atoms. The second kappa shape index (κ2) is 6.48. The van der Waals surface area contributed by atoms with Gasteiger partial charge >= 0.3 is 0 Å². The van der Waals surface area contributed by atoms with Crippen molar-refractivity contribution >= 4 is 0 Å². The molecule has 3 unspecified atom stereocenters. The molecule has 0 aromatic heterocycles. The van der Waals surface area contributed by atoms with Gasteiger partial charge in [0.25, 0.3) is 0 Å². The third-order valence-corrected chi connectivity index (χ3v) is 4.05. The number of hydrogen-bond acceptors (Lipinski definition) is 4. The average molecular weight is 261 g/mol. The minimum Gasteiger partial charge on any atom is -0.377 e. The average Bonchev–Trinajstić information content (AvgIpc) is 3.11. The first-order chi connectivity index (χ1) is 9.43. The first-order valence-electron chi connectivity index (χ1n) is 7.29. The lowest BCUT2D eigenvalue weighted by molar-refractivity contribution is 0.109. The Morgan fingerprint density at radius 1 is 1.21 bits per heavy atom. The van der Waals surface area contributed by atoms with Gasteiger partial charge in [0.15, 0.2) is 0 Å². The summed E-state index contributed by atoms with van der Waals surface area (Å²) in [6, 6.07) is 11.1. The van der Waals surface area contributed by atoms with E-state index >= 15 is 0 Å². The molecule has 0 bridgehead atoms. The third kappa shape index (κ3) is 3.34. The van der Waals surface area contributed by atoms with Gasteiger partial charge in [-0.2, -0.15) is 0 Å². The summed E-state index contributed by atoms with van der Waals surface area (Å²) in [6.45, 7) is 3.96. The van der Waals surface area contributed by atoms with Crippen LogP contribution in [0, 0.1) is 5.92 Å². The third-order valence-electron chi connectivity index (χ3n) is 4.05. The zero-order chi connectivity index (χ0) is 12.9. The highest BCUT2D eigenvalue weighted by Crippen LogP contribution is 2.24. The molecular formula is C15H23N3O. The minimum absolute atomic E-state index is 0.401. The maximum absolute atomic E-state index is 5.64. The molecule has 3 rings (SSSR count). The zero-order valence-electron chi connectivity index (χ0n) is 11.3. The lowest BCUT2D eigenvalue weighted by Gasteiger charge is -2.20. The quantitative estimate of drug-likeness (QED) is 0.746. The first kappa shape index (κ1) is 13.1. The van der Waals surface area contributed by atoms with Crippen molar-refractivity contribution in [3.05, 3.63) is 35.9 Å². The van der Waals surface area contributed by atoms with Crippen LogP contribution in [0.25, 0.3) is 0 Å². The molecule has 0 saturated carbocycles. The molecule has 4 nitrogen and oxygen atoms in total. The van der Waals surface area contributed by atoms with Crippen molar-refractivity contribution < 1.29 is 4.74 Å². The van der Waals surface area contributed by atoms with Crippen LogP contribution in [-0.4, -0.2) is 32.3 Å². The van der Waals surface area contributed by atoms with Gasteiger partial charge in [0.1, 0.15) is 0 Å². The van der Waals surface area contributed by atoms with Crippen LogP contribution in [0.3, 0.4) is 0 Å². The topological polar surface area (TPSA) is 45.3 Å². The minimum atomic E-state index is 0.401. The number of hydrogen-bond donors (Lipinski definition) is 3. The van der Waals surface area contributed by atoms with E-state index in [9.17, 15) is 0 Å². The molecule has 2 heterocycles. The van der Waals surface area contributed by atoms with Crippen LogP contribution < -0.4 is 16.2 Å². The van der Waals surface area contributed by atoms with E-state index in [0.29, 0.717) is 18.1 Å². The van der Waals surface area contributed by atoms with Gasteiger partial charge in [0.2, 0.25) is 0 Å². The van der Waals surface area contributed by atoms with Gasteiger partial charge in [-0.25, -0.2) is 5.43 Å². The molecule has 2 aliphatic rings. The Labute approximate surface area is 114 Å². The van der Waals surface area contributed by atoms with Gasteiger partial charge in [-0.1, -0.05) is 30.3 Å². The largest absolute Gasteiger partial charge is 0.377 e. The van der Waals surface area contributed by atoms with Crippen LogP contribution >= 0.6 is 0 Å². The summed E-state index contributed by atoms with van der Waals surface area (Å²) < 4.78 is 5.64. The normalized spacial score (nSPS) is 30.8. The lowest BCUT2D eigenvalue weighted by Crippen LogP contribution is -2.33. The number of benzene rings is 1. The van der Waals surface area contributed by atoms with E-state index in [2.05, 4.69) is 46.5 Å². The molecule has 2 aliphatic heterocycles. The van der Waals surface area contributed by atoms with E-state index in [1.165, 1.54) is 18.4 Å². The molecule has 1 aromatic rings. The van der Waals surface area contributed by atoms with E-state index in [4.69, 9.17) is 4.74 Å². The molecule has 2 fully saturated rings. The van der Waals surface area contributed by atoms with E-state index in [1.807, 2.05) is 0 Å². The lowest BCUT2D eigenvalue weighted by atomic mass is 9.95. The molecule has 1 aromatic carbocycles. The van der Waals surface area contributed by atoms with Crippen LogP contribution in [0.2, 0.25) is 0 Å². The highest BCUT2D eigenvalue weighted by atomic mass is 16.5. The molecule has 2 saturated heterocycles. The summed E-state index contributed by atoms with van der Waals surface area (Å²) in [5.41, 5.74) is 8.02. The van der Waals surface area contributed by atoms with Crippen LogP contribution in [0.5, 0.6) is 0 Å². The van der Waals surface area contributed by atoms with Gasteiger partial charge in [0, 0.05) is 32.2 Å². The van der Waals surface area contributed by atoms with Gasteiger partial charge in [-0.05, 0) is 18.4 Å². The monoisotopic (exact) mass is 261 g/mol. The Morgan fingerprint density at radius 2 is 2.11 bits per heavy atom. The number of nitrogens with one attached hydrogen (secondary N) is 3. The summed E-state index contributed by atoms with van der Waals surface area (Å²) >= 11 is 0. The molecule has 0 radical (unpaired) electrons. The highest BCUT2D eigenvalue weighted by molar-refractivity contribution is 5.20. The Bertz CT molecular complexity index is 378. The van der Waals surface area contributed by atoms with Crippen molar-refractivity contribution in [3.8, 4) is 0 Å². The van der Waals surface area contributed by atoms with E-state index in [0.717, 1.165) is 26.2 Å². The van der Waals surface area contributed by atoms with Gasteiger partial charge in [0.05, 0.1) is 12.1 Å². The Kier molecular flexibility index (Phi) is 4.45. The molecule has 104 valence electrons. The predicted molar refractivity (Wildman–Crippen MR) is 75.7 cm³/mol. The van der Waals surface area contributed by atoms with Crippen LogP contribution in [0.15, 0.2) is 30.3 Å². The number of ether oxygens (including phenoxy) is 1. The fraction of sp³-hybridized carbons (Fsp3) is 0.600. The van der Waals surface area contributed by atoms with Crippen molar-refractivity contribution in [3.63, 3.8) is 0 Å². The van der Waals surface area contributed by atoms with Crippen molar-refractivity contribution in [2.45, 2.75) is 25.0 Å². The molecule has 3 N–H and O–H groups in total. The molecule has 0 spiro atoms. The van der Waals surface area contributed by atoms with Crippen molar-refractivity contribution in [2.75, 3.05) is 26.2 Å². The van der Waals surface area contributed by atoms with Crippen molar-refractivity contribution in [1.29, 1.82) is 0 Å². The van der Waals surface area contributed by atoms with Crippen LogP contribution in [0.4, 0.5) is 0 Å². The van der Waals surface area contributed by atoms with E-state index in [-0.39, 0.29) is 0 Å². The van der Waals surface area contributed by atoms with Crippen molar-refractivity contribution in [2.24, 2.45) is 5.92 Å². The summed E-state index contributed by atoms with van der Waals surface area (Å²) in [5.74, 6) is 0.587. The highest BCUT2D eigenvalue weighted by Gasteiger charge is 2.28. The molecule has 3 atom stereocenters. The van der Waals surface area contributed by atoms with E-state index in [1.54, 1.807) is 0 Å². The molecule has 0 aliphatic carbocycles. The molecular weight excluding hydrogens is 238 g/mol. The number of rotatable bonds is 5. The van der Waals surface area contributed by atoms with Gasteiger partial charge < -0.3 is 10.1 Å². The van der Waals surface area contributed by atoms with Gasteiger partial charge in [-0.3, -0.25) is 5.43 Å². The fourth-order valence-electron chi connectivity index (χ4n) is 2.98. The Hall–Kier alpha value is -0.940. The Morgan fingerprint density at radius 3 is 2.89 bits per heavy atom. The van der Waals surface area contributed by atoms with Gasteiger partial charge in [-0.15, -0.1) is 0 Å². The zero-order valence-corrected chi connectivity index (χ0v) is 11.3. The molecule has 0 amide bonds. The van der Waals surface area contributed by atoms with Crippen LogP contribution in [-0.2, 0) is 4.74 Å². The maximum Gasteiger partial charge on any atom is 0.0700 e. The first-order valence-corrected chi connectivity index (χ1v) is 7.29. The summed E-state index contributed by atoms with van der Waals surface area (Å²) in [7, 11) is 0.